The molecular weight excluding hydrogens is 254 g/mol. The number of methoxy groups -OCH3 is 1. The zero-order valence-electron chi connectivity index (χ0n) is 10.9. The Morgan fingerprint density at radius 1 is 1.39 bits per heavy atom. The third-order valence-electron chi connectivity index (χ3n) is 3.09. The Kier molecular flexibility index (Phi) is 5.72. The molecule has 0 amide bonds. The average Bonchev–Trinajstić information content (AvgIpc) is 2.37. The Morgan fingerprint density at radius 2 is 2.06 bits per heavy atom. The van der Waals surface area contributed by atoms with Crippen molar-refractivity contribution in [2.75, 3.05) is 13.7 Å². The van der Waals surface area contributed by atoms with E-state index < -0.39 is 0 Å². The summed E-state index contributed by atoms with van der Waals surface area (Å²) in [5.41, 5.74) is 0.677. The number of aliphatic hydroxyl groups is 1. The van der Waals surface area contributed by atoms with Gasteiger partial charge >= 0.3 is 0 Å². The highest BCUT2D eigenvalue weighted by atomic mass is 35.5. The molecule has 0 saturated heterocycles. The lowest BCUT2D eigenvalue weighted by atomic mass is 10.0. The van der Waals surface area contributed by atoms with Crippen LogP contribution in [0.3, 0.4) is 0 Å². The molecule has 0 saturated carbocycles. The third-order valence-corrected chi connectivity index (χ3v) is 3.31. The number of aromatic hydroxyl groups is 1. The molecule has 0 aliphatic carbocycles. The van der Waals surface area contributed by atoms with Gasteiger partial charge in [-0.05, 0) is 18.9 Å². The second-order valence-corrected chi connectivity index (χ2v) is 4.88. The number of hydrogen-bond acceptors (Lipinski definition) is 4. The monoisotopic (exact) mass is 273 g/mol. The van der Waals surface area contributed by atoms with Crippen LogP contribution in [0.25, 0.3) is 0 Å². The van der Waals surface area contributed by atoms with E-state index >= 15 is 0 Å². The second-order valence-electron chi connectivity index (χ2n) is 4.45. The third kappa shape index (κ3) is 3.77. The Labute approximate surface area is 113 Å². The van der Waals surface area contributed by atoms with E-state index in [-0.39, 0.29) is 24.3 Å². The molecule has 0 heterocycles. The summed E-state index contributed by atoms with van der Waals surface area (Å²) >= 11 is 5.95. The molecule has 2 unspecified atom stereocenters. The van der Waals surface area contributed by atoms with Gasteiger partial charge in [-0.25, -0.2) is 0 Å². The van der Waals surface area contributed by atoms with Crippen molar-refractivity contribution in [2.45, 2.75) is 26.4 Å². The minimum atomic E-state index is 0.0956. The Bertz CT molecular complexity index is 398. The molecule has 3 N–H and O–H groups in total. The van der Waals surface area contributed by atoms with Gasteiger partial charge < -0.3 is 20.3 Å². The number of nitrogens with one attached hydrogen (secondary N) is 1. The summed E-state index contributed by atoms with van der Waals surface area (Å²) < 4.78 is 5.04. The summed E-state index contributed by atoms with van der Waals surface area (Å²) in [5.74, 6) is 0.605. The van der Waals surface area contributed by atoms with Gasteiger partial charge in [0, 0.05) is 35.8 Å². The van der Waals surface area contributed by atoms with E-state index in [1.807, 2.05) is 13.8 Å². The van der Waals surface area contributed by atoms with Crippen molar-refractivity contribution in [3.63, 3.8) is 0 Å². The molecule has 102 valence electrons. The first-order valence-electron chi connectivity index (χ1n) is 5.89. The number of halogens is 1. The first kappa shape index (κ1) is 15.1. The highest BCUT2D eigenvalue weighted by molar-refractivity contribution is 6.30. The molecule has 4 nitrogen and oxygen atoms in total. The SMILES string of the molecule is COc1cc(Cl)cc(CNC(C)C(C)CO)c1O. The van der Waals surface area contributed by atoms with Crippen molar-refractivity contribution in [3.05, 3.63) is 22.7 Å². The largest absolute Gasteiger partial charge is 0.504 e. The van der Waals surface area contributed by atoms with Crippen molar-refractivity contribution in [2.24, 2.45) is 5.92 Å². The van der Waals surface area contributed by atoms with Gasteiger partial charge in [-0.2, -0.15) is 0 Å². The molecule has 2 atom stereocenters. The highest BCUT2D eigenvalue weighted by Crippen LogP contribution is 2.33. The molecule has 0 spiro atoms. The first-order chi connectivity index (χ1) is 8.49. The lowest BCUT2D eigenvalue weighted by Crippen LogP contribution is -2.33. The molecule has 0 bridgehead atoms. The fourth-order valence-corrected chi connectivity index (χ4v) is 1.78. The van der Waals surface area contributed by atoms with E-state index in [1.54, 1.807) is 12.1 Å². The van der Waals surface area contributed by atoms with E-state index in [0.29, 0.717) is 22.9 Å². The van der Waals surface area contributed by atoms with E-state index in [4.69, 9.17) is 21.4 Å². The Morgan fingerprint density at radius 3 is 2.61 bits per heavy atom. The summed E-state index contributed by atoms with van der Waals surface area (Å²) in [6.07, 6.45) is 0. The molecule has 1 rings (SSSR count). The molecule has 0 aliphatic rings. The van der Waals surface area contributed by atoms with Crippen LogP contribution >= 0.6 is 11.6 Å². The summed E-state index contributed by atoms with van der Waals surface area (Å²) in [6, 6.07) is 3.41. The highest BCUT2D eigenvalue weighted by Gasteiger charge is 2.13. The standard InChI is InChI=1S/C13H20ClNO3/c1-8(7-16)9(2)15-6-10-4-11(14)5-12(18-3)13(10)17/h4-5,8-9,15-17H,6-7H2,1-3H3. The van der Waals surface area contributed by atoms with Crippen LogP contribution in [0, 0.1) is 5.92 Å². The predicted octanol–water partition coefficient (Wildman–Crippen LogP) is 2.16. The molecule has 1 aromatic carbocycles. The normalized spacial score (nSPS) is 14.3. The minimum Gasteiger partial charge on any atom is -0.504 e. The van der Waals surface area contributed by atoms with E-state index in [0.717, 1.165) is 0 Å². The van der Waals surface area contributed by atoms with Gasteiger partial charge in [-0.1, -0.05) is 18.5 Å². The maximum Gasteiger partial charge on any atom is 0.162 e. The Hall–Kier alpha value is -0.970. The zero-order valence-corrected chi connectivity index (χ0v) is 11.7. The number of rotatable bonds is 6. The van der Waals surface area contributed by atoms with E-state index in [9.17, 15) is 5.11 Å². The van der Waals surface area contributed by atoms with Crippen molar-refractivity contribution >= 4 is 11.6 Å². The topological polar surface area (TPSA) is 61.7 Å². The molecule has 0 aromatic heterocycles. The van der Waals surface area contributed by atoms with Crippen LogP contribution in [-0.2, 0) is 6.54 Å². The number of benzene rings is 1. The molecular formula is C13H20ClNO3. The number of hydrogen-bond donors (Lipinski definition) is 3. The van der Waals surface area contributed by atoms with Crippen molar-refractivity contribution < 1.29 is 14.9 Å². The van der Waals surface area contributed by atoms with Crippen LogP contribution in [0.1, 0.15) is 19.4 Å². The summed E-state index contributed by atoms with van der Waals surface area (Å²) in [7, 11) is 1.49. The summed E-state index contributed by atoms with van der Waals surface area (Å²) in [4.78, 5) is 0. The van der Waals surface area contributed by atoms with Crippen molar-refractivity contribution in [1.82, 2.24) is 5.32 Å². The van der Waals surface area contributed by atoms with Gasteiger partial charge in [0.15, 0.2) is 11.5 Å². The smallest absolute Gasteiger partial charge is 0.162 e. The second kappa shape index (κ2) is 6.83. The molecule has 0 radical (unpaired) electrons. The van der Waals surface area contributed by atoms with Gasteiger partial charge in [-0.15, -0.1) is 0 Å². The summed E-state index contributed by atoms with van der Waals surface area (Å²) in [6.45, 7) is 4.53. The first-order valence-corrected chi connectivity index (χ1v) is 6.27. The van der Waals surface area contributed by atoms with Crippen molar-refractivity contribution in [3.8, 4) is 11.5 Å². The quantitative estimate of drug-likeness (QED) is 0.743. The Balaban J connectivity index is 2.76. The number of aliphatic hydroxyl groups excluding tert-OH is 1. The lowest BCUT2D eigenvalue weighted by Gasteiger charge is -2.20. The fraction of sp³-hybridized carbons (Fsp3) is 0.538. The van der Waals surface area contributed by atoms with Crippen LogP contribution in [-0.4, -0.2) is 30.0 Å². The van der Waals surface area contributed by atoms with Gasteiger partial charge in [0.2, 0.25) is 0 Å². The van der Waals surface area contributed by atoms with Gasteiger partial charge in [-0.3, -0.25) is 0 Å². The predicted molar refractivity (Wildman–Crippen MR) is 72.2 cm³/mol. The number of phenols is 1. The van der Waals surface area contributed by atoms with Crippen LogP contribution < -0.4 is 10.1 Å². The average molecular weight is 274 g/mol. The maximum absolute atomic E-state index is 9.95. The molecule has 0 fully saturated rings. The van der Waals surface area contributed by atoms with Crippen LogP contribution in [0.2, 0.25) is 5.02 Å². The summed E-state index contributed by atoms with van der Waals surface area (Å²) in [5, 5.41) is 22.8. The molecule has 1 aromatic rings. The van der Waals surface area contributed by atoms with Crippen LogP contribution in [0.4, 0.5) is 0 Å². The molecule has 18 heavy (non-hydrogen) atoms. The van der Waals surface area contributed by atoms with E-state index in [1.165, 1.54) is 7.11 Å². The minimum absolute atomic E-state index is 0.0956. The lowest BCUT2D eigenvalue weighted by molar-refractivity contribution is 0.206. The van der Waals surface area contributed by atoms with E-state index in [2.05, 4.69) is 5.32 Å². The number of phenolic OH excluding ortho intramolecular Hbond substituents is 1. The van der Waals surface area contributed by atoms with Crippen LogP contribution in [0.5, 0.6) is 11.5 Å². The van der Waals surface area contributed by atoms with Gasteiger partial charge in [0.05, 0.1) is 7.11 Å². The molecule has 0 aliphatic heterocycles. The maximum atomic E-state index is 9.95. The van der Waals surface area contributed by atoms with Gasteiger partial charge in [0.1, 0.15) is 0 Å². The van der Waals surface area contributed by atoms with Crippen molar-refractivity contribution in [1.29, 1.82) is 0 Å². The van der Waals surface area contributed by atoms with Gasteiger partial charge in [0.25, 0.3) is 0 Å². The molecule has 5 heteroatoms. The fourth-order valence-electron chi connectivity index (χ4n) is 1.55. The van der Waals surface area contributed by atoms with Crippen LogP contribution in [0.15, 0.2) is 12.1 Å². The zero-order chi connectivity index (χ0) is 13.7. The number of ether oxygens (including phenoxy) is 1.